The Morgan fingerprint density at radius 2 is 2.17 bits per heavy atom. The van der Waals surface area contributed by atoms with E-state index in [0.29, 0.717) is 4.88 Å². The van der Waals surface area contributed by atoms with E-state index < -0.39 is 10.2 Å². The Morgan fingerprint density at radius 1 is 1.50 bits per heavy atom. The molecule has 5 nitrogen and oxygen atoms in total. The van der Waals surface area contributed by atoms with Crippen LogP contribution in [0.15, 0.2) is 32.1 Å². The van der Waals surface area contributed by atoms with Crippen LogP contribution < -0.4 is 0 Å². The van der Waals surface area contributed by atoms with E-state index in [-0.39, 0.29) is 17.2 Å². The van der Waals surface area contributed by atoms with Crippen LogP contribution in [0.5, 0.6) is 0 Å². The van der Waals surface area contributed by atoms with Crippen LogP contribution in [0.3, 0.4) is 0 Å². The predicted molar refractivity (Wildman–Crippen MR) is 74.0 cm³/mol. The molecular formula is C10H9BrN2O3S2. The van der Waals surface area contributed by atoms with Crippen LogP contribution in [0.4, 0.5) is 0 Å². The zero-order valence-corrected chi connectivity index (χ0v) is 12.8. The van der Waals surface area contributed by atoms with Gasteiger partial charge in [0, 0.05) is 23.8 Å². The molecule has 0 amide bonds. The zero-order chi connectivity index (χ0) is 13.5. The van der Waals surface area contributed by atoms with Crippen molar-refractivity contribution < 1.29 is 13.2 Å². The molecular weight excluding hydrogens is 340 g/mol. The molecule has 8 heteroatoms. The van der Waals surface area contributed by atoms with Crippen LogP contribution in [-0.4, -0.2) is 31.3 Å². The van der Waals surface area contributed by atoms with Gasteiger partial charge >= 0.3 is 10.2 Å². The molecule has 2 rings (SSSR count). The molecule has 0 bridgehead atoms. The Labute approximate surface area is 117 Å². The van der Waals surface area contributed by atoms with Crippen LogP contribution in [-0.2, 0) is 15.0 Å². The summed E-state index contributed by atoms with van der Waals surface area (Å²) in [7, 11) is -2.51. The summed E-state index contributed by atoms with van der Waals surface area (Å²) in [5.74, 6) is -0.316. The molecule has 0 unspecified atom stereocenters. The highest BCUT2D eigenvalue weighted by Crippen LogP contribution is 2.25. The Balaban J connectivity index is 2.58. The van der Waals surface area contributed by atoms with Gasteiger partial charge in [-0.2, -0.15) is 8.42 Å². The van der Waals surface area contributed by atoms with Crippen molar-refractivity contribution in [2.75, 3.05) is 7.05 Å². The first-order valence-electron chi connectivity index (χ1n) is 4.87. The van der Waals surface area contributed by atoms with Gasteiger partial charge in [0.1, 0.15) is 0 Å². The monoisotopic (exact) mass is 348 g/mol. The zero-order valence-electron chi connectivity index (χ0n) is 9.55. The topological polar surface area (TPSA) is 66.8 Å². The van der Waals surface area contributed by atoms with Gasteiger partial charge in [-0.25, -0.2) is 0 Å². The van der Waals surface area contributed by atoms with E-state index in [0.717, 1.165) is 8.78 Å². The molecule has 0 radical (unpaired) electrons. The van der Waals surface area contributed by atoms with Crippen molar-refractivity contribution in [1.29, 1.82) is 0 Å². The quantitative estimate of drug-likeness (QED) is 0.820. The lowest BCUT2D eigenvalue weighted by Gasteiger charge is -2.21. The minimum absolute atomic E-state index is 0.115. The molecule has 0 saturated carbocycles. The van der Waals surface area contributed by atoms with E-state index in [2.05, 4.69) is 20.3 Å². The minimum atomic E-state index is -3.82. The van der Waals surface area contributed by atoms with Gasteiger partial charge < -0.3 is 0 Å². The Morgan fingerprint density at radius 3 is 2.67 bits per heavy atom. The van der Waals surface area contributed by atoms with Crippen molar-refractivity contribution >= 4 is 49.0 Å². The highest BCUT2D eigenvalue weighted by atomic mass is 79.9. The van der Waals surface area contributed by atoms with Gasteiger partial charge in [-0.3, -0.25) is 9.10 Å². The number of hydrogen-bond acceptors (Lipinski definition) is 4. The van der Waals surface area contributed by atoms with Crippen LogP contribution in [0.2, 0.25) is 0 Å². The van der Waals surface area contributed by atoms with Crippen molar-refractivity contribution in [2.45, 2.75) is 6.92 Å². The number of likely N-dealkylation sites (N-methyl/N-ethyl adjacent to an activating group) is 1. The standard InChI is InChI=1S/C10H9BrN2O3S2/c1-6(14)9-4-8(10-3-7(11)5-17-10)12-18(15,16)13(9)2/h3-5H,1-2H3. The van der Waals surface area contributed by atoms with Gasteiger partial charge in [-0.05, 0) is 28.1 Å². The molecule has 1 aromatic rings. The largest absolute Gasteiger partial charge is 0.345 e. The molecule has 96 valence electrons. The molecule has 2 heterocycles. The number of ketones is 1. The average molecular weight is 349 g/mol. The van der Waals surface area contributed by atoms with E-state index >= 15 is 0 Å². The molecule has 0 aromatic carbocycles. The molecule has 0 N–H and O–H groups in total. The number of hydrogen-bond donors (Lipinski definition) is 0. The van der Waals surface area contributed by atoms with Crippen molar-refractivity contribution in [3.05, 3.63) is 32.6 Å². The summed E-state index contributed by atoms with van der Waals surface area (Å²) in [4.78, 5) is 12.1. The molecule has 18 heavy (non-hydrogen) atoms. The molecule has 1 aromatic heterocycles. The van der Waals surface area contributed by atoms with Gasteiger partial charge in [-0.15, -0.1) is 15.7 Å². The Kier molecular flexibility index (Phi) is 3.43. The molecule has 1 aliphatic rings. The maximum Gasteiger partial charge on any atom is 0.345 e. The normalized spacial score (nSPS) is 18.3. The minimum Gasteiger partial charge on any atom is -0.293 e. The number of thiophene rings is 1. The van der Waals surface area contributed by atoms with Crippen LogP contribution in [0.25, 0.3) is 0 Å². The summed E-state index contributed by atoms with van der Waals surface area (Å²) in [6.45, 7) is 1.32. The average Bonchev–Trinajstić information content (AvgIpc) is 2.68. The Bertz CT molecular complexity index is 673. The number of halogens is 1. The number of allylic oxidation sites excluding steroid dienone is 2. The number of carbonyl (C=O) groups excluding carboxylic acids is 1. The molecule has 0 fully saturated rings. The lowest BCUT2D eigenvalue weighted by molar-refractivity contribution is -0.114. The number of Topliss-reactive ketones (excluding diaryl/α,β-unsaturated/α-hetero) is 1. The summed E-state index contributed by atoms with van der Waals surface area (Å²) in [6, 6.07) is 1.76. The van der Waals surface area contributed by atoms with E-state index in [1.807, 2.05) is 5.38 Å². The third-order valence-electron chi connectivity index (χ3n) is 2.35. The fraction of sp³-hybridized carbons (Fsp3) is 0.200. The summed E-state index contributed by atoms with van der Waals surface area (Å²) < 4.78 is 29.1. The third kappa shape index (κ3) is 2.40. The second-order valence-electron chi connectivity index (χ2n) is 3.64. The fourth-order valence-electron chi connectivity index (χ4n) is 1.44. The molecule has 0 spiro atoms. The number of nitrogens with zero attached hydrogens (tertiary/aromatic N) is 2. The molecule has 1 aliphatic heterocycles. The third-order valence-corrected chi connectivity index (χ3v) is 5.38. The molecule has 0 aliphatic carbocycles. The highest BCUT2D eigenvalue weighted by molar-refractivity contribution is 9.10. The van der Waals surface area contributed by atoms with Crippen molar-refractivity contribution in [2.24, 2.45) is 4.40 Å². The van der Waals surface area contributed by atoms with Gasteiger partial charge in [0.2, 0.25) is 0 Å². The predicted octanol–water partition coefficient (Wildman–Crippen LogP) is 1.96. The Hall–Kier alpha value is -0.990. The second-order valence-corrected chi connectivity index (χ2v) is 7.09. The van der Waals surface area contributed by atoms with Crippen molar-refractivity contribution in [3.63, 3.8) is 0 Å². The van der Waals surface area contributed by atoms with Gasteiger partial charge in [-0.1, -0.05) is 0 Å². The first-order chi connectivity index (χ1) is 8.31. The number of rotatable bonds is 2. The van der Waals surface area contributed by atoms with Gasteiger partial charge in [0.05, 0.1) is 16.3 Å². The maximum atomic E-state index is 11.8. The summed E-state index contributed by atoms with van der Waals surface area (Å²) in [6.07, 6.45) is 1.49. The lowest BCUT2D eigenvalue weighted by atomic mass is 10.2. The van der Waals surface area contributed by atoms with E-state index in [9.17, 15) is 13.2 Å². The summed E-state index contributed by atoms with van der Waals surface area (Å²) >= 11 is 4.65. The van der Waals surface area contributed by atoms with Crippen molar-refractivity contribution in [3.8, 4) is 0 Å². The summed E-state index contributed by atoms with van der Waals surface area (Å²) in [5, 5.41) is 1.82. The SMILES string of the molecule is CC(=O)C1=CC(c2cc(Br)cs2)=NS(=O)(=O)N1C. The van der Waals surface area contributed by atoms with E-state index in [1.54, 1.807) is 6.07 Å². The first kappa shape index (κ1) is 13.4. The van der Waals surface area contributed by atoms with Gasteiger partial charge in [0.25, 0.3) is 0 Å². The maximum absolute atomic E-state index is 11.8. The van der Waals surface area contributed by atoms with Crippen molar-refractivity contribution in [1.82, 2.24) is 4.31 Å². The van der Waals surface area contributed by atoms with E-state index in [4.69, 9.17) is 0 Å². The smallest absolute Gasteiger partial charge is 0.293 e. The van der Waals surface area contributed by atoms with Gasteiger partial charge in [0.15, 0.2) is 5.78 Å². The van der Waals surface area contributed by atoms with Crippen LogP contribution >= 0.6 is 27.3 Å². The summed E-state index contributed by atoms with van der Waals surface area (Å²) in [5.41, 5.74) is 0.401. The second kappa shape index (κ2) is 4.60. The van der Waals surface area contributed by atoms with E-state index in [1.165, 1.54) is 31.4 Å². The highest BCUT2D eigenvalue weighted by Gasteiger charge is 2.28. The first-order valence-corrected chi connectivity index (χ1v) is 7.94. The number of carbonyl (C=O) groups is 1. The van der Waals surface area contributed by atoms with Crippen LogP contribution in [0.1, 0.15) is 11.8 Å². The lowest BCUT2D eigenvalue weighted by Crippen LogP contribution is -2.32. The molecule has 0 atom stereocenters. The fourth-order valence-corrected chi connectivity index (χ4v) is 3.84. The van der Waals surface area contributed by atoms with Crippen LogP contribution in [0, 0.1) is 0 Å². The molecule has 0 saturated heterocycles.